The summed E-state index contributed by atoms with van der Waals surface area (Å²) in [6, 6.07) is 4.09. The van der Waals surface area contributed by atoms with E-state index < -0.39 is 14.9 Å². The van der Waals surface area contributed by atoms with Gasteiger partial charge in [0.15, 0.2) is 0 Å². The van der Waals surface area contributed by atoms with Crippen molar-refractivity contribution in [2.75, 3.05) is 13.1 Å². The second kappa shape index (κ2) is 6.31. The Hall–Kier alpha value is -1.51. The van der Waals surface area contributed by atoms with Crippen molar-refractivity contribution >= 4 is 15.7 Å². The lowest BCUT2D eigenvalue weighted by Gasteiger charge is -2.32. The lowest BCUT2D eigenvalue weighted by molar-refractivity contribution is -0.385. The molecule has 0 amide bonds. The van der Waals surface area contributed by atoms with E-state index in [0.29, 0.717) is 37.4 Å². The number of sulfonamides is 1. The van der Waals surface area contributed by atoms with Crippen molar-refractivity contribution in [3.05, 3.63) is 33.9 Å². The van der Waals surface area contributed by atoms with E-state index in [1.165, 1.54) is 16.4 Å². The molecule has 1 saturated heterocycles. The van der Waals surface area contributed by atoms with Crippen molar-refractivity contribution in [1.29, 1.82) is 0 Å². The maximum atomic E-state index is 12.6. The van der Waals surface area contributed by atoms with E-state index in [2.05, 4.69) is 0 Å². The van der Waals surface area contributed by atoms with Gasteiger partial charge in [0.2, 0.25) is 10.0 Å². The predicted molar refractivity (Wildman–Crippen MR) is 83.0 cm³/mol. The Morgan fingerprint density at radius 1 is 1.36 bits per heavy atom. The van der Waals surface area contributed by atoms with E-state index in [4.69, 9.17) is 5.73 Å². The second-order valence-corrected chi connectivity index (χ2v) is 7.74. The van der Waals surface area contributed by atoms with Gasteiger partial charge in [-0.2, -0.15) is 4.31 Å². The highest BCUT2D eigenvalue weighted by Crippen LogP contribution is 2.28. The Kier molecular flexibility index (Phi) is 4.84. The normalized spacial score (nSPS) is 19.0. The van der Waals surface area contributed by atoms with Crippen molar-refractivity contribution in [1.82, 2.24) is 4.31 Å². The summed E-state index contributed by atoms with van der Waals surface area (Å²) >= 11 is 0. The molecular formula is C14H21N3O4S. The Bertz CT molecular complexity index is 665. The topological polar surface area (TPSA) is 107 Å². The number of nitrogens with zero attached hydrogens (tertiary/aromatic N) is 2. The molecule has 8 heteroatoms. The maximum absolute atomic E-state index is 12.6. The number of nitro benzene ring substituents is 1. The van der Waals surface area contributed by atoms with Crippen LogP contribution in [0, 0.1) is 23.0 Å². The van der Waals surface area contributed by atoms with Crippen LogP contribution in [0.1, 0.15) is 25.3 Å². The van der Waals surface area contributed by atoms with Gasteiger partial charge in [-0.3, -0.25) is 10.1 Å². The zero-order valence-electron chi connectivity index (χ0n) is 12.7. The van der Waals surface area contributed by atoms with Gasteiger partial charge in [-0.25, -0.2) is 8.42 Å². The average molecular weight is 327 g/mol. The fourth-order valence-electron chi connectivity index (χ4n) is 2.74. The van der Waals surface area contributed by atoms with Gasteiger partial charge in [-0.05, 0) is 38.7 Å². The summed E-state index contributed by atoms with van der Waals surface area (Å²) in [4.78, 5) is 10.4. The van der Waals surface area contributed by atoms with Crippen LogP contribution >= 0.6 is 0 Å². The molecule has 0 bridgehead atoms. The fraction of sp³-hybridized carbons (Fsp3) is 0.571. The zero-order valence-corrected chi connectivity index (χ0v) is 13.5. The molecule has 1 unspecified atom stereocenters. The molecule has 0 spiro atoms. The number of hydrogen-bond acceptors (Lipinski definition) is 5. The van der Waals surface area contributed by atoms with Crippen molar-refractivity contribution in [3.8, 4) is 0 Å². The molecule has 22 heavy (non-hydrogen) atoms. The average Bonchev–Trinajstić information content (AvgIpc) is 2.47. The Morgan fingerprint density at radius 2 is 1.95 bits per heavy atom. The molecule has 1 heterocycles. The van der Waals surface area contributed by atoms with Crippen LogP contribution < -0.4 is 5.73 Å². The van der Waals surface area contributed by atoms with Crippen LogP contribution in [-0.4, -0.2) is 36.8 Å². The molecule has 0 aromatic heterocycles. The first-order valence-electron chi connectivity index (χ1n) is 7.24. The summed E-state index contributed by atoms with van der Waals surface area (Å²) in [6.45, 7) is 4.31. The first-order valence-corrected chi connectivity index (χ1v) is 8.68. The van der Waals surface area contributed by atoms with Crippen LogP contribution in [0.4, 0.5) is 5.69 Å². The minimum Gasteiger partial charge on any atom is -0.328 e. The van der Waals surface area contributed by atoms with Crippen molar-refractivity contribution in [2.45, 2.75) is 37.6 Å². The van der Waals surface area contributed by atoms with Gasteiger partial charge in [0.1, 0.15) is 0 Å². The smallest absolute Gasteiger partial charge is 0.273 e. The van der Waals surface area contributed by atoms with E-state index in [9.17, 15) is 18.5 Å². The number of rotatable bonds is 4. The third kappa shape index (κ3) is 3.29. The molecule has 2 N–H and O–H groups in total. The number of aryl methyl sites for hydroxylation is 1. The lowest BCUT2D eigenvalue weighted by Crippen LogP contribution is -2.42. The van der Waals surface area contributed by atoms with Crippen LogP contribution in [0.2, 0.25) is 0 Å². The molecule has 1 aromatic rings. The highest BCUT2D eigenvalue weighted by atomic mass is 32.2. The van der Waals surface area contributed by atoms with Gasteiger partial charge in [0.25, 0.3) is 5.69 Å². The minimum atomic E-state index is -3.70. The number of piperidine rings is 1. The number of nitro groups is 1. The van der Waals surface area contributed by atoms with Crippen LogP contribution in [0.25, 0.3) is 0 Å². The fourth-order valence-corrected chi connectivity index (χ4v) is 4.23. The monoisotopic (exact) mass is 327 g/mol. The zero-order chi connectivity index (χ0) is 16.5. The number of nitrogens with two attached hydrogens (primary N) is 1. The highest BCUT2D eigenvalue weighted by molar-refractivity contribution is 7.89. The van der Waals surface area contributed by atoms with E-state index in [0.717, 1.165) is 6.07 Å². The highest BCUT2D eigenvalue weighted by Gasteiger charge is 2.31. The maximum Gasteiger partial charge on any atom is 0.273 e. The van der Waals surface area contributed by atoms with Crippen LogP contribution in [0.3, 0.4) is 0 Å². The summed E-state index contributed by atoms with van der Waals surface area (Å²) < 4.78 is 26.6. The van der Waals surface area contributed by atoms with Gasteiger partial charge >= 0.3 is 0 Å². The lowest BCUT2D eigenvalue weighted by atomic mass is 9.92. The molecular weight excluding hydrogens is 306 g/mol. The summed E-state index contributed by atoms with van der Waals surface area (Å²) in [5, 5.41) is 11.0. The van der Waals surface area contributed by atoms with Gasteiger partial charge in [-0.15, -0.1) is 0 Å². The molecule has 1 atom stereocenters. The SMILES string of the molecule is Cc1ccc(S(=O)(=O)N2CCC(C(C)N)CC2)cc1[N+](=O)[O-]. The largest absolute Gasteiger partial charge is 0.328 e. The number of benzene rings is 1. The van der Waals surface area contributed by atoms with Crippen LogP contribution in [-0.2, 0) is 10.0 Å². The van der Waals surface area contributed by atoms with E-state index in [1.54, 1.807) is 6.92 Å². The van der Waals surface area contributed by atoms with Crippen molar-refractivity contribution in [3.63, 3.8) is 0 Å². The molecule has 7 nitrogen and oxygen atoms in total. The third-order valence-electron chi connectivity index (χ3n) is 4.26. The summed E-state index contributed by atoms with van der Waals surface area (Å²) in [7, 11) is -3.70. The van der Waals surface area contributed by atoms with Crippen molar-refractivity contribution in [2.24, 2.45) is 11.7 Å². The van der Waals surface area contributed by atoms with Gasteiger partial charge in [-0.1, -0.05) is 6.07 Å². The summed E-state index contributed by atoms with van der Waals surface area (Å²) in [5.41, 5.74) is 6.13. The predicted octanol–water partition coefficient (Wildman–Crippen LogP) is 1.65. The standard InChI is InChI=1S/C14H21N3O4S/c1-10-3-4-13(9-14(10)17(18)19)22(20,21)16-7-5-12(6-8-16)11(2)15/h3-4,9,11-12H,5-8,15H2,1-2H3. The first-order chi connectivity index (χ1) is 10.2. The molecule has 0 aliphatic carbocycles. The van der Waals surface area contributed by atoms with Crippen LogP contribution in [0.15, 0.2) is 23.1 Å². The Labute approximate surface area is 130 Å². The molecule has 1 fully saturated rings. The van der Waals surface area contributed by atoms with Gasteiger partial charge in [0, 0.05) is 30.8 Å². The van der Waals surface area contributed by atoms with Gasteiger partial charge < -0.3 is 5.73 Å². The van der Waals surface area contributed by atoms with E-state index in [1.807, 2.05) is 6.92 Å². The molecule has 1 aliphatic rings. The number of hydrogen-bond donors (Lipinski definition) is 1. The minimum absolute atomic E-state index is 0.0240. The van der Waals surface area contributed by atoms with Crippen molar-refractivity contribution < 1.29 is 13.3 Å². The molecule has 0 radical (unpaired) electrons. The summed E-state index contributed by atoms with van der Waals surface area (Å²) in [5.74, 6) is 0.318. The molecule has 2 rings (SSSR count). The Morgan fingerprint density at radius 3 is 2.45 bits per heavy atom. The second-order valence-electron chi connectivity index (χ2n) is 5.81. The van der Waals surface area contributed by atoms with Gasteiger partial charge in [0.05, 0.1) is 9.82 Å². The van der Waals surface area contributed by atoms with E-state index in [-0.39, 0.29) is 16.6 Å². The Balaban J connectivity index is 2.25. The van der Waals surface area contributed by atoms with Crippen LogP contribution in [0.5, 0.6) is 0 Å². The summed E-state index contributed by atoms with van der Waals surface area (Å²) in [6.07, 6.45) is 1.43. The molecule has 1 aromatic carbocycles. The third-order valence-corrected chi connectivity index (χ3v) is 6.15. The quantitative estimate of drug-likeness (QED) is 0.668. The molecule has 1 aliphatic heterocycles. The van der Waals surface area contributed by atoms with E-state index >= 15 is 0 Å². The first kappa shape index (κ1) is 16.9. The molecule has 122 valence electrons. The molecule has 0 saturated carbocycles.